The Bertz CT molecular complexity index is 181. The molecule has 6 heteroatoms. The highest BCUT2D eigenvalue weighted by molar-refractivity contribution is 8.06. The maximum Gasteiger partial charge on any atom is 0.389 e. The van der Waals surface area contributed by atoms with Gasteiger partial charge in [0.2, 0.25) is 0 Å². The van der Waals surface area contributed by atoms with Crippen molar-refractivity contribution >= 4 is 23.5 Å². The molecule has 2 atom stereocenters. The Morgan fingerprint density at radius 2 is 2.07 bits per heavy atom. The van der Waals surface area contributed by atoms with Crippen molar-refractivity contribution in [3.05, 3.63) is 0 Å². The number of halogens is 3. The summed E-state index contributed by atoms with van der Waals surface area (Å²) in [5, 5.41) is 0.344. The van der Waals surface area contributed by atoms with E-state index >= 15 is 0 Å². The van der Waals surface area contributed by atoms with Crippen molar-refractivity contribution in [2.45, 2.75) is 36.7 Å². The monoisotopic (exact) mass is 259 g/mol. The fraction of sp³-hybridized carbons (Fsp3) is 1.00. The quantitative estimate of drug-likeness (QED) is 0.840. The third-order valence-corrected chi connectivity index (χ3v) is 5.26. The van der Waals surface area contributed by atoms with E-state index in [1.807, 2.05) is 11.8 Å². The predicted octanol–water partition coefficient (Wildman–Crippen LogP) is 2.89. The number of thioether (sulfide) groups is 2. The van der Waals surface area contributed by atoms with E-state index in [-0.39, 0.29) is 12.5 Å². The van der Waals surface area contributed by atoms with Crippen LogP contribution in [0.2, 0.25) is 0 Å². The number of alkyl halides is 3. The van der Waals surface area contributed by atoms with Gasteiger partial charge in [-0.15, -0.1) is 0 Å². The number of rotatable bonds is 4. The molecule has 1 saturated heterocycles. The van der Waals surface area contributed by atoms with Crippen LogP contribution in [0.1, 0.15) is 19.3 Å². The first-order chi connectivity index (χ1) is 6.99. The first-order valence-electron chi connectivity index (χ1n) is 5.01. The minimum absolute atomic E-state index is 0.0786. The average Bonchev–Trinajstić information content (AvgIpc) is 2.17. The van der Waals surface area contributed by atoms with Crippen molar-refractivity contribution < 1.29 is 13.2 Å². The fourth-order valence-electron chi connectivity index (χ4n) is 1.48. The highest BCUT2D eigenvalue weighted by Crippen LogP contribution is 2.28. The molecule has 1 aliphatic rings. The highest BCUT2D eigenvalue weighted by Gasteiger charge is 2.28. The molecule has 0 aromatic heterocycles. The Labute approximate surface area is 96.7 Å². The van der Waals surface area contributed by atoms with Crippen LogP contribution in [0.3, 0.4) is 0 Å². The summed E-state index contributed by atoms with van der Waals surface area (Å²) in [5.74, 6) is 3.19. The zero-order chi connectivity index (χ0) is 11.3. The Morgan fingerprint density at radius 3 is 2.60 bits per heavy atom. The molecule has 0 aromatic carbocycles. The lowest BCUT2D eigenvalue weighted by molar-refractivity contribution is -0.135. The molecular weight excluding hydrogens is 243 g/mol. The van der Waals surface area contributed by atoms with Gasteiger partial charge in [-0.2, -0.15) is 36.7 Å². The zero-order valence-electron chi connectivity index (χ0n) is 8.43. The molecule has 2 unspecified atom stereocenters. The Morgan fingerprint density at radius 1 is 1.33 bits per heavy atom. The number of hydrogen-bond acceptors (Lipinski definition) is 3. The van der Waals surface area contributed by atoms with Crippen molar-refractivity contribution in [3.8, 4) is 0 Å². The molecule has 90 valence electrons. The minimum atomic E-state index is -4.03. The molecule has 0 bridgehead atoms. The van der Waals surface area contributed by atoms with Gasteiger partial charge in [0.05, 0.1) is 0 Å². The normalized spacial score (nSPS) is 25.2. The lowest BCUT2D eigenvalue weighted by atomic mass is 10.1. The molecule has 1 rings (SSSR count). The molecule has 1 fully saturated rings. The van der Waals surface area contributed by atoms with Gasteiger partial charge in [0.15, 0.2) is 0 Å². The zero-order valence-corrected chi connectivity index (χ0v) is 10.1. The van der Waals surface area contributed by atoms with E-state index in [4.69, 9.17) is 5.73 Å². The highest BCUT2D eigenvalue weighted by atomic mass is 32.2. The van der Waals surface area contributed by atoms with E-state index in [0.29, 0.717) is 11.7 Å². The van der Waals surface area contributed by atoms with Crippen LogP contribution in [-0.4, -0.2) is 34.7 Å². The lowest BCUT2D eigenvalue weighted by Crippen LogP contribution is -2.36. The molecule has 0 spiro atoms. The summed E-state index contributed by atoms with van der Waals surface area (Å²) in [6.07, 6.45) is -4.09. The molecular formula is C9H16F3NS2. The smallest absolute Gasteiger partial charge is 0.327 e. The summed E-state index contributed by atoms with van der Waals surface area (Å²) >= 11 is 3.65. The third kappa shape index (κ3) is 5.92. The van der Waals surface area contributed by atoms with Crippen molar-refractivity contribution in [1.29, 1.82) is 0 Å². The standard InChI is InChI=1S/C9H16F3NS2/c10-9(11,12)3-1-2-7(13)8-6-14-4-5-15-8/h7-8H,1-6,13H2. The Hall–Kier alpha value is 0.450. The van der Waals surface area contributed by atoms with Gasteiger partial charge in [0.1, 0.15) is 0 Å². The van der Waals surface area contributed by atoms with Crippen molar-refractivity contribution in [1.82, 2.24) is 0 Å². The van der Waals surface area contributed by atoms with Gasteiger partial charge in [-0.25, -0.2) is 0 Å². The van der Waals surface area contributed by atoms with E-state index < -0.39 is 12.6 Å². The van der Waals surface area contributed by atoms with Crippen LogP contribution in [0.25, 0.3) is 0 Å². The van der Waals surface area contributed by atoms with Crippen LogP contribution >= 0.6 is 23.5 Å². The first-order valence-corrected chi connectivity index (χ1v) is 7.21. The van der Waals surface area contributed by atoms with Crippen LogP contribution in [0.4, 0.5) is 13.2 Å². The molecule has 0 saturated carbocycles. The topological polar surface area (TPSA) is 26.0 Å². The van der Waals surface area contributed by atoms with E-state index in [1.54, 1.807) is 11.8 Å². The van der Waals surface area contributed by atoms with Crippen LogP contribution < -0.4 is 5.73 Å². The molecule has 0 aromatic rings. The van der Waals surface area contributed by atoms with Crippen molar-refractivity contribution in [3.63, 3.8) is 0 Å². The lowest BCUT2D eigenvalue weighted by Gasteiger charge is -2.26. The third-order valence-electron chi connectivity index (χ3n) is 2.32. The van der Waals surface area contributed by atoms with E-state index in [9.17, 15) is 13.2 Å². The van der Waals surface area contributed by atoms with E-state index in [2.05, 4.69) is 0 Å². The number of hydrogen-bond donors (Lipinski definition) is 1. The largest absolute Gasteiger partial charge is 0.389 e. The molecule has 15 heavy (non-hydrogen) atoms. The summed E-state index contributed by atoms with van der Waals surface area (Å²) in [7, 11) is 0. The average molecular weight is 259 g/mol. The second kappa shape index (κ2) is 6.25. The van der Waals surface area contributed by atoms with Crippen LogP contribution in [0.15, 0.2) is 0 Å². The van der Waals surface area contributed by atoms with Gasteiger partial charge >= 0.3 is 6.18 Å². The van der Waals surface area contributed by atoms with E-state index in [1.165, 1.54) is 0 Å². The Kier molecular flexibility index (Phi) is 5.63. The van der Waals surface area contributed by atoms with Gasteiger partial charge < -0.3 is 5.73 Å². The molecule has 0 aliphatic carbocycles. The SMILES string of the molecule is NC(CCCC(F)(F)F)C1CSCCS1. The summed E-state index contributed by atoms with van der Waals surface area (Å²) in [4.78, 5) is 0. The van der Waals surface area contributed by atoms with Gasteiger partial charge in [-0.3, -0.25) is 0 Å². The summed E-state index contributed by atoms with van der Waals surface area (Å²) in [6, 6.07) is -0.0786. The summed E-state index contributed by atoms with van der Waals surface area (Å²) in [5.41, 5.74) is 5.88. The minimum Gasteiger partial charge on any atom is -0.327 e. The second-order valence-corrected chi connectivity index (χ2v) is 6.15. The maximum atomic E-state index is 11.9. The molecule has 1 nitrogen and oxygen atoms in total. The van der Waals surface area contributed by atoms with Crippen LogP contribution in [-0.2, 0) is 0 Å². The van der Waals surface area contributed by atoms with Crippen molar-refractivity contribution in [2.75, 3.05) is 17.3 Å². The van der Waals surface area contributed by atoms with Gasteiger partial charge in [-0.05, 0) is 12.8 Å². The van der Waals surface area contributed by atoms with Crippen molar-refractivity contribution in [2.24, 2.45) is 5.73 Å². The molecule has 0 radical (unpaired) electrons. The molecule has 1 aliphatic heterocycles. The predicted molar refractivity (Wildman–Crippen MR) is 61.5 cm³/mol. The van der Waals surface area contributed by atoms with Crippen LogP contribution in [0.5, 0.6) is 0 Å². The van der Waals surface area contributed by atoms with E-state index in [0.717, 1.165) is 17.3 Å². The first kappa shape index (κ1) is 13.5. The Balaban J connectivity index is 2.14. The maximum absolute atomic E-state index is 11.9. The summed E-state index contributed by atoms with van der Waals surface area (Å²) < 4.78 is 35.7. The molecule has 1 heterocycles. The second-order valence-electron chi connectivity index (χ2n) is 3.66. The fourth-order valence-corrected chi connectivity index (χ4v) is 4.34. The van der Waals surface area contributed by atoms with Gasteiger partial charge in [0, 0.05) is 35.0 Å². The van der Waals surface area contributed by atoms with Gasteiger partial charge in [-0.1, -0.05) is 0 Å². The number of nitrogens with two attached hydrogens (primary N) is 1. The molecule has 2 N–H and O–H groups in total. The summed E-state index contributed by atoms with van der Waals surface area (Å²) in [6.45, 7) is 0. The molecule has 0 amide bonds. The van der Waals surface area contributed by atoms with Crippen LogP contribution in [0, 0.1) is 0 Å². The van der Waals surface area contributed by atoms with Gasteiger partial charge in [0.25, 0.3) is 0 Å².